The van der Waals surface area contributed by atoms with Gasteiger partial charge in [0.05, 0.1) is 5.54 Å². The van der Waals surface area contributed by atoms with E-state index in [2.05, 4.69) is 10.3 Å². The third kappa shape index (κ3) is 2.08. The van der Waals surface area contributed by atoms with Crippen molar-refractivity contribution in [2.24, 2.45) is 10.9 Å². The Bertz CT molecular complexity index is 278. The average molecular weight is 206 g/mol. The Hall–Kier alpha value is -1.00. The fourth-order valence-corrected chi connectivity index (χ4v) is 0.973. The Morgan fingerprint density at radius 3 is 2.29 bits per heavy atom. The van der Waals surface area contributed by atoms with Crippen molar-refractivity contribution in [3.05, 3.63) is 11.9 Å². The highest BCUT2D eigenvalue weighted by Gasteiger charge is 2.37. The molecule has 0 aliphatic carbocycles. The number of rotatable bonds is 1. The first-order chi connectivity index (χ1) is 6.26. The standard InChI is InChI=1S/C9H13F3N2/c1-6(2)8(3)5-13-7(4-14-8)9(10,11)12/h4-6,14H,1-3H3. The van der Waals surface area contributed by atoms with Gasteiger partial charge in [-0.1, -0.05) is 13.8 Å². The molecule has 1 heterocycles. The van der Waals surface area contributed by atoms with E-state index in [-0.39, 0.29) is 5.92 Å². The van der Waals surface area contributed by atoms with Gasteiger partial charge in [0.15, 0.2) is 5.70 Å². The van der Waals surface area contributed by atoms with E-state index in [0.29, 0.717) is 0 Å². The number of allylic oxidation sites excluding steroid dienone is 1. The number of nitrogens with zero attached hydrogens (tertiary/aromatic N) is 1. The van der Waals surface area contributed by atoms with E-state index in [0.717, 1.165) is 6.20 Å². The van der Waals surface area contributed by atoms with Crippen LogP contribution in [0.5, 0.6) is 0 Å². The summed E-state index contributed by atoms with van der Waals surface area (Å²) in [5.74, 6) is 0.178. The van der Waals surface area contributed by atoms with E-state index in [4.69, 9.17) is 0 Å². The Morgan fingerprint density at radius 1 is 1.43 bits per heavy atom. The van der Waals surface area contributed by atoms with Crippen LogP contribution in [-0.2, 0) is 0 Å². The zero-order valence-electron chi connectivity index (χ0n) is 8.31. The molecule has 1 atom stereocenters. The van der Waals surface area contributed by atoms with Gasteiger partial charge in [-0.2, -0.15) is 13.2 Å². The molecule has 1 aliphatic rings. The predicted molar refractivity (Wildman–Crippen MR) is 49.0 cm³/mol. The van der Waals surface area contributed by atoms with Gasteiger partial charge in [-0.3, -0.25) is 4.99 Å². The molecule has 0 aromatic rings. The quantitative estimate of drug-likeness (QED) is 0.700. The van der Waals surface area contributed by atoms with Gasteiger partial charge in [0, 0.05) is 12.4 Å². The van der Waals surface area contributed by atoms with Gasteiger partial charge in [-0.05, 0) is 12.8 Å². The molecule has 0 saturated heterocycles. The van der Waals surface area contributed by atoms with Crippen molar-refractivity contribution in [1.29, 1.82) is 0 Å². The van der Waals surface area contributed by atoms with Crippen LogP contribution < -0.4 is 5.32 Å². The van der Waals surface area contributed by atoms with Crippen LogP contribution in [0.4, 0.5) is 13.2 Å². The molecule has 0 bridgehead atoms. The lowest BCUT2D eigenvalue weighted by molar-refractivity contribution is -0.0931. The summed E-state index contributed by atoms with van der Waals surface area (Å²) in [5, 5.41) is 2.72. The summed E-state index contributed by atoms with van der Waals surface area (Å²) in [7, 11) is 0. The maximum atomic E-state index is 12.2. The molecule has 5 heteroatoms. The maximum Gasteiger partial charge on any atom is 0.434 e. The average Bonchev–Trinajstić information content (AvgIpc) is 2.03. The summed E-state index contributed by atoms with van der Waals surface area (Å²) in [4.78, 5) is 3.42. The number of nitrogens with one attached hydrogen (secondary N) is 1. The minimum Gasteiger partial charge on any atom is -0.379 e. The highest BCUT2D eigenvalue weighted by Crippen LogP contribution is 2.29. The van der Waals surface area contributed by atoms with Gasteiger partial charge < -0.3 is 5.32 Å². The summed E-state index contributed by atoms with van der Waals surface area (Å²) in [5.41, 5.74) is -1.37. The first-order valence-electron chi connectivity index (χ1n) is 4.36. The van der Waals surface area contributed by atoms with Crippen LogP contribution >= 0.6 is 0 Å². The molecule has 80 valence electrons. The van der Waals surface area contributed by atoms with Crippen LogP contribution in [0.3, 0.4) is 0 Å². The smallest absolute Gasteiger partial charge is 0.379 e. The number of alkyl halides is 3. The zero-order valence-corrected chi connectivity index (χ0v) is 8.31. The van der Waals surface area contributed by atoms with Crippen LogP contribution in [-0.4, -0.2) is 17.9 Å². The van der Waals surface area contributed by atoms with Crippen LogP contribution in [0.15, 0.2) is 16.9 Å². The van der Waals surface area contributed by atoms with Gasteiger partial charge >= 0.3 is 6.18 Å². The normalized spacial score (nSPS) is 27.5. The van der Waals surface area contributed by atoms with Crippen LogP contribution in [0, 0.1) is 5.92 Å². The molecule has 1 aliphatic heterocycles. The number of halogens is 3. The Balaban J connectivity index is 2.81. The lowest BCUT2D eigenvalue weighted by Crippen LogP contribution is -2.48. The molecule has 1 rings (SSSR count). The molecule has 0 spiro atoms. The molecular weight excluding hydrogens is 193 g/mol. The molecule has 14 heavy (non-hydrogen) atoms. The lowest BCUT2D eigenvalue weighted by Gasteiger charge is -2.33. The molecular formula is C9H13F3N2. The summed E-state index contributed by atoms with van der Waals surface area (Å²) >= 11 is 0. The molecule has 0 aromatic carbocycles. The highest BCUT2D eigenvalue weighted by atomic mass is 19.4. The zero-order chi connectivity index (χ0) is 11.0. The maximum absolute atomic E-state index is 12.2. The van der Waals surface area contributed by atoms with Crippen molar-refractivity contribution in [1.82, 2.24) is 5.32 Å². The number of hydrogen-bond donors (Lipinski definition) is 1. The Kier molecular flexibility index (Phi) is 2.61. The van der Waals surface area contributed by atoms with Gasteiger partial charge in [-0.25, -0.2) is 0 Å². The molecule has 0 radical (unpaired) electrons. The van der Waals surface area contributed by atoms with Crippen molar-refractivity contribution in [3.63, 3.8) is 0 Å². The number of hydrogen-bond acceptors (Lipinski definition) is 2. The van der Waals surface area contributed by atoms with E-state index < -0.39 is 17.4 Å². The molecule has 1 unspecified atom stereocenters. The first-order valence-corrected chi connectivity index (χ1v) is 4.36. The summed E-state index contributed by atoms with van der Waals surface area (Å²) in [6.07, 6.45) is -2.12. The van der Waals surface area contributed by atoms with E-state index >= 15 is 0 Å². The first kappa shape index (κ1) is 11.1. The molecule has 0 saturated carbocycles. The van der Waals surface area contributed by atoms with E-state index in [9.17, 15) is 13.2 Å². The fraction of sp³-hybridized carbons (Fsp3) is 0.667. The van der Waals surface area contributed by atoms with Crippen LogP contribution in [0.25, 0.3) is 0 Å². The minimum atomic E-state index is -4.37. The van der Waals surface area contributed by atoms with Crippen molar-refractivity contribution >= 4 is 6.21 Å². The summed E-state index contributed by atoms with van der Waals surface area (Å²) in [6, 6.07) is 0. The summed E-state index contributed by atoms with van der Waals surface area (Å²) in [6.45, 7) is 5.65. The van der Waals surface area contributed by atoms with Crippen LogP contribution in [0.2, 0.25) is 0 Å². The molecule has 0 aromatic heterocycles. The molecule has 1 N–H and O–H groups in total. The largest absolute Gasteiger partial charge is 0.434 e. The van der Waals surface area contributed by atoms with Gasteiger partial charge in [-0.15, -0.1) is 0 Å². The Morgan fingerprint density at radius 2 is 2.00 bits per heavy atom. The minimum absolute atomic E-state index is 0.178. The van der Waals surface area contributed by atoms with Crippen molar-refractivity contribution in [3.8, 4) is 0 Å². The second-order valence-corrected chi connectivity index (χ2v) is 3.87. The van der Waals surface area contributed by atoms with Gasteiger partial charge in [0.25, 0.3) is 0 Å². The van der Waals surface area contributed by atoms with Gasteiger partial charge in [0.2, 0.25) is 0 Å². The van der Waals surface area contributed by atoms with Gasteiger partial charge in [0.1, 0.15) is 0 Å². The van der Waals surface area contributed by atoms with E-state index in [1.165, 1.54) is 6.21 Å². The van der Waals surface area contributed by atoms with E-state index in [1.54, 1.807) is 0 Å². The lowest BCUT2D eigenvalue weighted by atomic mass is 9.89. The SMILES string of the molecule is CC(C)C1(C)C=NC(C(F)(F)F)=CN1. The van der Waals surface area contributed by atoms with Crippen LogP contribution in [0.1, 0.15) is 20.8 Å². The number of aliphatic imine (C=N–C) groups is 1. The topological polar surface area (TPSA) is 24.4 Å². The molecule has 0 amide bonds. The highest BCUT2D eigenvalue weighted by molar-refractivity contribution is 5.73. The predicted octanol–water partition coefficient (Wildman–Crippen LogP) is 2.48. The van der Waals surface area contributed by atoms with Crippen molar-refractivity contribution < 1.29 is 13.2 Å². The Labute approximate surface area is 80.9 Å². The second kappa shape index (κ2) is 3.29. The van der Waals surface area contributed by atoms with Crippen molar-refractivity contribution in [2.75, 3.05) is 0 Å². The second-order valence-electron chi connectivity index (χ2n) is 3.87. The van der Waals surface area contributed by atoms with E-state index in [1.807, 2.05) is 20.8 Å². The third-order valence-corrected chi connectivity index (χ3v) is 2.48. The van der Waals surface area contributed by atoms with Crippen molar-refractivity contribution in [2.45, 2.75) is 32.5 Å². The monoisotopic (exact) mass is 206 g/mol. The third-order valence-electron chi connectivity index (χ3n) is 2.48. The molecule has 2 nitrogen and oxygen atoms in total. The summed E-state index contributed by atoms with van der Waals surface area (Å²) < 4.78 is 36.5. The molecule has 0 fully saturated rings. The fourth-order valence-electron chi connectivity index (χ4n) is 0.973.